The van der Waals surface area contributed by atoms with Gasteiger partial charge in [0.1, 0.15) is 10.7 Å². The predicted octanol–water partition coefficient (Wildman–Crippen LogP) is 1.37. The van der Waals surface area contributed by atoms with E-state index in [1.807, 2.05) is 5.38 Å². The first-order valence-corrected chi connectivity index (χ1v) is 7.15. The molecule has 21 heavy (non-hydrogen) atoms. The zero-order chi connectivity index (χ0) is 15.4. The van der Waals surface area contributed by atoms with E-state index in [1.165, 1.54) is 18.4 Å². The highest BCUT2D eigenvalue weighted by Crippen LogP contribution is 2.23. The van der Waals surface area contributed by atoms with Crippen LogP contribution in [0, 0.1) is 0 Å². The third-order valence-electron chi connectivity index (χ3n) is 2.97. The number of esters is 1. The molecule has 0 radical (unpaired) electrons. The third kappa shape index (κ3) is 3.60. The molecule has 2 rings (SSSR count). The molecular formula is C13H16N4O3S. The Hall–Kier alpha value is -2.35. The van der Waals surface area contributed by atoms with Crippen LogP contribution in [0.5, 0.6) is 5.88 Å². The normalized spacial score (nSPS) is 10.5. The van der Waals surface area contributed by atoms with Crippen molar-refractivity contribution in [3.63, 3.8) is 0 Å². The van der Waals surface area contributed by atoms with E-state index in [9.17, 15) is 9.90 Å². The molecule has 8 heteroatoms. The first-order valence-electron chi connectivity index (χ1n) is 6.27. The molecule has 0 aliphatic rings. The van der Waals surface area contributed by atoms with Gasteiger partial charge in [-0.25, -0.2) is 4.79 Å². The van der Waals surface area contributed by atoms with Crippen LogP contribution >= 0.6 is 11.3 Å². The number of anilines is 2. The van der Waals surface area contributed by atoms with Crippen molar-refractivity contribution in [2.45, 2.75) is 19.3 Å². The summed E-state index contributed by atoms with van der Waals surface area (Å²) in [7, 11) is 1.36. The van der Waals surface area contributed by atoms with Crippen molar-refractivity contribution in [2.75, 3.05) is 18.6 Å². The number of methoxy groups -OCH3 is 1. The Bertz CT molecular complexity index is 634. The van der Waals surface area contributed by atoms with Crippen LogP contribution in [-0.4, -0.2) is 28.2 Å². The van der Waals surface area contributed by atoms with Crippen molar-refractivity contribution in [3.8, 4) is 5.88 Å². The summed E-state index contributed by atoms with van der Waals surface area (Å²) in [5, 5.41) is 11.6. The average molecular weight is 308 g/mol. The molecule has 112 valence electrons. The largest absolute Gasteiger partial charge is 0.493 e. The lowest BCUT2D eigenvalue weighted by Crippen LogP contribution is -2.05. The van der Waals surface area contributed by atoms with E-state index in [4.69, 9.17) is 11.5 Å². The van der Waals surface area contributed by atoms with Gasteiger partial charge < -0.3 is 21.3 Å². The molecule has 0 saturated carbocycles. The highest BCUT2D eigenvalue weighted by Gasteiger charge is 2.12. The van der Waals surface area contributed by atoms with Gasteiger partial charge in [0.05, 0.1) is 12.7 Å². The predicted molar refractivity (Wildman–Crippen MR) is 80.2 cm³/mol. The summed E-state index contributed by atoms with van der Waals surface area (Å²) in [6, 6.07) is 1.80. The number of hydrogen-bond donors (Lipinski definition) is 3. The summed E-state index contributed by atoms with van der Waals surface area (Å²) in [5.74, 6) is -0.365. The van der Waals surface area contributed by atoms with Crippen LogP contribution in [0.4, 0.5) is 11.8 Å². The number of thiophene rings is 1. The average Bonchev–Trinajstić information content (AvgIpc) is 2.89. The van der Waals surface area contributed by atoms with Crippen molar-refractivity contribution in [1.82, 2.24) is 9.97 Å². The molecular weight excluding hydrogens is 292 g/mol. The fourth-order valence-electron chi connectivity index (χ4n) is 1.93. The number of hydrogen-bond acceptors (Lipinski definition) is 8. The fraction of sp³-hybridized carbons (Fsp3) is 0.308. The van der Waals surface area contributed by atoms with Crippen LogP contribution < -0.4 is 11.5 Å². The summed E-state index contributed by atoms with van der Waals surface area (Å²) in [6.07, 6.45) is 2.01. The Labute approximate surface area is 125 Å². The second-order valence-corrected chi connectivity index (χ2v) is 5.34. The lowest BCUT2D eigenvalue weighted by Gasteiger charge is -2.06. The number of aryl methyl sites for hydroxylation is 1. The summed E-state index contributed by atoms with van der Waals surface area (Å²) >= 11 is 1.35. The molecule has 0 aromatic carbocycles. The van der Waals surface area contributed by atoms with Gasteiger partial charge in [-0.2, -0.15) is 9.97 Å². The second-order valence-electron chi connectivity index (χ2n) is 4.43. The van der Waals surface area contributed by atoms with E-state index in [1.54, 1.807) is 6.07 Å². The SMILES string of the molecule is COC(=O)c1cc(CCCc2c(N)nc(N)nc2O)cs1. The minimum atomic E-state index is -0.333. The van der Waals surface area contributed by atoms with Crippen molar-refractivity contribution >= 4 is 29.1 Å². The van der Waals surface area contributed by atoms with Crippen molar-refractivity contribution < 1.29 is 14.6 Å². The number of ether oxygens (including phenoxy) is 1. The third-order valence-corrected chi connectivity index (χ3v) is 3.93. The Morgan fingerprint density at radius 3 is 2.81 bits per heavy atom. The van der Waals surface area contributed by atoms with Crippen molar-refractivity contribution in [3.05, 3.63) is 27.5 Å². The molecule has 0 unspecified atom stereocenters. The number of aromatic nitrogens is 2. The number of aromatic hydroxyl groups is 1. The molecule has 0 saturated heterocycles. The smallest absolute Gasteiger partial charge is 0.348 e. The van der Waals surface area contributed by atoms with Gasteiger partial charge in [-0.3, -0.25) is 0 Å². The minimum Gasteiger partial charge on any atom is -0.493 e. The molecule has 0 spiro atoms. The number of nitrogens with two attached hydrogens (primary N) is 2. The Kier molecular flexibility index (Phi) is 4.59. The van der Waals surface area contributed by atoms with Crippen LogP contribution in [0.1, 0.15) is 27.2 Å². The maximum atomic E-state index is 11.4. The summed E-state index contributed by atoms with van der Waals surface area (Å²) < 4.78 is 4.66. The Morgan fingerprint density at radius 2 is 2.14 bits per heavy atom. The molecule has 2 heterocycles. The summed E-state index contributed by atoms with van der Waals surface area (Å²) in [5.41, 5.74) is 12.6. The van der Waals surface area contributed by atoms with Crippen molar-refractivity contribution in [1.29, 1.82) is 0 Å². The standard InChI is InChI=1S/C13H16N4O3S/c1-20-12(19)9-5-7(6-21-9)3-2-4-8-10(14)16-13(15)17-11(8)18/h5-6H,2-4H2,1H3,(H5,14,15,16,17,18). The number of nitrogens with zero attached hydrogens (tertiary/aromatic N) is 2. The Balaban J connectivity index is 1.96. The molecule has 7 nitrogen and oxygen atoms in total. The van der Waals surface area contributed by atoms with Gasteiger partial charge >= 0.3 is 5.97 Å². The lowest BCUT2D eigenvalue weighted by atomic mass is 10.1. The zero-order valence-electron chi connectivity index (χ0n) is 11.5. The summed E-state index contributed by atoms with van der Waals surface area (Å²) in [6.45, 7) is 0. The van der Waals surface area contributed by atoms with E-state index in [0.717, 1.165) is 18.4 Å². The second kappa shape index (κ2) is 6.40. The molecule has 0 amide bonds. The van der Waals surface area contributed by atoms with Crippen LogP contribution in [0.25, 0.3) is 0 Å². The van der Waals surface area contributed by atoms with Crippen LogP contribution in [0.3, 0.4) is 0 Å². The van der Waals surface area contributed by atoms with E-state index < -0.39 is 0 Å². The molecule has 2 aromatic heterocycles. The van der Waals surface area contributed by atoms with E-state index in [-0.39, 0.29) is 23.6 Å². The highest BCUT2D eigenvalue weighted by molar-refractivity contribution is 7.12. The first kappa shape index (κ1) is 15.0. The Morgan fingerprint density at radius 1 is 1.38 bits per heavy atom. The van der Waals surface area contributed by atoms with Crippen LogP contribution in [0.2, 0.25) is 0 Å². The van der Waals surface area contributed by atoms with Crippen molar-refractivity contribution in [2.24, 2.45) is 0 Å². The van der Waals surface area contributed by atoms with Gasteiger partial charge in [-0.15, -0.1) is 11.3 Å². The van der Waals surface area contributed by atoms with Gasteiger partial charge in [-0.05, 0) is 36.3 Å². The number of rotatable bonds is 5. The number of nitrogen functional groups attached to an aromatic ring is 2. The molecule has 0 aliphatic carbocycles. The molecule has 0 aliphatic heterocycles. The van der Waals surface area contributed by atoms with Gasteiger partial charge in [0, 0.05) is 0 Å². The topological polar surface area (TPSA) is 124 Å². The van der Waals surface area contributed by atoms with E-state index in [0.29, 0.717) is 16.9 Å². The monoisotopic (exact) mass is 308 g/mol. The maximum Gasteiger partial charge on any atom is 0.348 e. The van der Waals surface area contributed by atoms with Crippen LogP contribution in [0.15, 0.2) is 11.4 Å². The molecule has 0 atom stereocenters. The van der Waals surface area contributed by atoms with E-state index in [2.05, 4.69) is 14.7 Å². The highest BCUT2D eigenvalue weighted by atomic mass is 32.1. The summed E-state index contributed by atoms with van der Waals surface area (Å²) in [4.78, 5) is 19.4. The number of carbonyl (C=O) groups excluding carboxylic acids is 1. The molecule has 2 aromatic rings. The fourth-order valence-corrected chi connectivity index (χ4v) is 2.79. The zero-order valence-corrected chi connectivity index (χ0v) is 12.3. The molecule has 0 fully saturated rings. The minimum absolute atomic E-state index is 0.0469. The van der Waals surface area contributed by atoms with Crippen LogP contribution in [-0.2, 0) is 17.6 Å². The number of carbonyl (C=O) groups is 1. The van der Waals surface area contributed by atoms with Gasteiger partial charge in [0.15, 0.2) is 0 Å². The molecule has 0 bridgehead atoms. The van der Waals surface area contributed by atoms with E-state index >= 15 is 0 Å². The quantitative estimate of drug-likeness (QED) is 0.712. The van der Waals surface area contributed by atoms with Gasteiger partial charge in [0.25, 0.3) is 0 Å². The van der Waals surface area contributed by atoms with Gasteiger partial charge in [-0.1, -0.05) is 0 Å². The lowest BCUT2D eigenvalue weighted by molar-refractivity contribution is 0.0606. The van der Waals surface area contributed by atoms with Gasteiger partial charge in [0.2, 0.25) is 11.8 Å². The first-order chi connectivity index (χ1) is 10.0. The molecule has 5 N–H and O–H groups in total. The maximum absolute atomic E-state index is 11.4.